The van der Waals surface area contributed by atoms with Crippen molar-refractivity contribution in [3.05, 3.63) is 49.8 Å². The molecule has 0 atom stereocenters. The molecule has 0 unspecified atom stereocenters. The second kappa shape index (κ2) is 5.70. The summed E-state index contributed by atoms with van der Waals surface area (Å²) in [5, 5.41) is 0.622. The van der Waals surface area contributed by atoms with Crippen LogP contribution in [-0.4, -0.2) is 9.97 Å². The zero-order chi connectivity index (χ0) is 14.1. The number of nitrogens with one attached hydrogen (secondary N) is 1. The van der Waals surface area contributed by atoms with Gasteiger partial charge in [0.1, 0.15) is 5.82 Å². The van der Waals surface area contributed by atoms with Crippen LogP contribution in [0.2, 0.25) is 5.02 Å². The molecule has 0 bridgehead atoms. The molecule has 0 radical (unpaired) electrons. The molecule has 1 heterocycles. The highest BCUT2D eigenvalue weighted by atomic mass is 79.9. The molecular formula is C15H14BrClN2O. The second-order valence-corrected chi connectivity index (χ2v) is 6.42. The molecule has 3 rings (SSSR count). The van der Waals surface area contributed by atoms with Crippen LogP contribution >= 0.6 is 27.5 Å². The van der Waals surface area contributed by atoms with Gasteiger partial charge in [-0.15, -0.1) is 0 Å². The number of benzene rings is 1. The molecule has 0 amide bonds. The third-order valence-electron chi connectivity index (χ3n) is 3.72. The van der Waals surface area contributed by atoms with E-state index in [4.69, 9.17) is 11.6 Å². The predicted molar refractivity (Wildman–Crippen MR) is 84.2 cm³/mol. The molecule has 104 valence electrons. The van der Waals surface area contributed by atoms with E-state index in [1.54, 1.807) is 12.1 Å². The van der Waals surface area contributed by atoms with Crippen LogP contribution in [0, 0.1) is 0 Å². The first kappa shape index (κ1) is 13.8. The van der Waals surface area contributed by atoms with Crippen LogP contribution in [0.25, 0.3) is 11.4 Å². The van der Waals surface area contributed by atoms with E-state index in [0.717, 1.165) is 28.6 Å². The first-order valence-electron chi connectivity index (χ1n) is 6.70. The van der Waals surface area contributed by atoms with E-state index >= 15 is 0 Å². The molecule has 1 fully saturated rings. The molecule has 1 aliphatic carbocycles. The Morgan fingerprint density at radius 3 is 2.75 bits per heavy atom. The van der Waals surface area contributed by atoms with E-state index in [0.29, 0.717) is 16.8 Å². The lowest BCUT2D eigenvalue weighted by Gasteiger charge is -2.11. The van der Waals surface area contributed by atoms with Crippen molar-refractivity contribution in [2.45, 2.75) is 31.6 Å². The van der Waals surface area contributed by atoms with E-state index in [9.17, 15) is 4.79 Å². The van der Waals surface area contributed by atoms with E-state index < -0.39 is 0 Å². The molecule has 0 spiro atoms. The molecule has 0 saturated heterocycles. The van der Waals surface area contributed by atoms with Crippen LogP contribution in [0.1, 0.15) is 37.3 Å². The average molecular weight is 354 g/mol. The average Bonchev–Trinajstić information content (AvgIpc) is 2.95. The van der Waals surface area contributed by atoms with Crippen molar-refractivity contribution >= 4 is 27.5 Å². The van der Waals surface area contributed by atoms with Gasteiger partial charge in [-0.1, -0.05) is 40.4 Å². The summed E-state index contributed by atoms with van der Waals surface area (Å²) in [7, 11) is 0. The molecule has 1 N–H and O–H groups in total. The molecule has 0 aliphatic heterocycles. The molecule has 2 aromatic rings. The second-order valence-electron chi connectivity index (χ2n) is 5.12. The Bertz CT molecular complexity index is 693. The first-order chi connectivity index (χ1) is 9.63. The van der Waals surface area contributed by atoms with Gasteiger partial charge >= 0.3 is 0 Å². The molecule has 3 nitrogen and oxygen atoms in total. The normalized spacial score (nSPS) is 15.7. The predicted octanol–water partition coefficient (Wildman–Crippen LogP) is 4.51. The van der Waals surface area contributed by atoms with Gasteiger partial charge in [0, 0.05) is 27.0 Å². The highest BCUT2D eigenvalue weighted by Gasteiger charge is 2.20. The van der Waals surface area contributed by atoms with E-state index in [2.05, 4.69) is 25.9 Å². The lowest BCUT2D eigenvalue weighted by molar-refractivity contribution is 0.693. The minimum absolute atomic E-state index is 0.108. The lowest BCUT2D eigenvalue weighted by atomic mass is 10.0. The van der Waals surface area contributed by atoms with E-state index in [1.807, 2.05) is 12.1 Å². The number of hydrogen-bond acceptors (Lipinski definition) is 2. The van der Waals surface area contributed by atoms with Crippen molar-refractivity contribution in [2.24, 2.45) is 0 Å². The fourth-order valence-corrected chi connectivity index (χ4v) is 3.32. The number of rotatable bonds is 2. The third kappa shape index (κ3) is 2.81. The fourth-order valence-electron chi connectivity index (χ4n) is 2.71. The van der Waals surface area contributed by atoms with Crippen molar-refractivity contribution in [1.82, 2.24) is 9.97 Å². The van der Waals surface area contributed by atoms with Gasteiger partial charge in [-0.3, -0.25) is 4.79 Å². The molecule has 20 heavy (non-hydrogen) atoms. The van der Waals surface area contributed by atoms with Gasteiger partial charge in [0.25, 0.3) is 5.56 Å². The third-order valence-corrected chi connectivity index (χ3v) is 4.65. The summed E-state index contributed by atoms with van der Waals surface area (Å²) in [6, 6.07) is 7.09. The topological polar surface area (TPSA) is 45.8 Å². The number of aromatic nitrogens is 2. The lowest BCUT2D eigenvalue weighted by Crippen LogP contribution is -2.12. The van der Waals surface area contributed by atoms with Crippen LogP contribution in [0.4, 0.5) is 0 Å². The monoisotopic (exact) mass is 352 g/mol. The largest absolute Gasteiger partial charge is 0.306 e. The number of H-pyrrole nitrogens is 1. The SMILES string of the molecule is O=c1cc(C2CCCC2)nc(-c2cc(Cl)ccc2Br)[nH]1. The molecule has 1 aromatic heterocycles. The van der Waals surface area contributed by atoms with Crippen molar-refractivity contribution in [3.63, 3.8) is 0 Å². The minimum atomic E-state index is -0.108. The van der Waals surface area contributed by atoms with Crippen molar-refractivity contribution in [3.8, 4) is 11.4 Å². The Hall–Kier alpha value is -1.13. The standard InChI is InChI=1S/C15H14BrClN2O/c16-12-6-5-10(17)7-11(12)15-18-13(8-14(20)19-15)9-3-1-2-4-9/h5-9H,1-4H2,(H,18,19,20). The quantitative estimate of drug-likeness (QED) is 0.863. The maximum absolute atomic E-state index is 11.9. The Morgan fingerprint density at radius 2 is 2.00 bits per heavy atom. The van der Waals surface area contributed by atoms with Crippen molar-refractivity contribution in [2.75, 3.05) is 0 Å². The summed E-state index contributed by atoms with van der Waals surface area (Å²) < 4.78 is 0.869. The van der Waals surface area contributed by atoms with Gasteiger partial charge in [0.2, 0.25) is 0 Å². The number of halogens is 2. The molecular weight excluding hydrogens is 340 g/mol. The number of hydrogen-bond donors (Lipinski definition) is 1. The minimum Gasteiger partial charge on any atom is -0.306 e. The summed E-state index contributed by atoms with van der Waals surface area (Å²) in [6.07, 6.45) is 4.67. The summed E-state index contributed by atoms with van der Waals surface area (Å²) in [5.41, 5.74) is 1.60. The van der Waals surface area contributed by atoms with Crippen LogP contribution in [0.15, 0.2) is 33.5 Å². The Morgan fingerprint density at radius 1 is 1.25 bits per heavy atom. The van der Waals surface area contributed by atoms with Crippen LogP contribution < -0.4 is 5.56 Å². The van der Waals surface area contributed by atoms with Gasteiger partial charge in [-0.2, -0.15) is 0 Å². The maximum Gasteiger partial charge on any atom is 0.251 e. The first-order valence-corrected chi connectivity index (χ1v) is 7.87. The Kier molecular flexibility index (Phi) is 3.94. The fraction of sp³-hybridized carbons (Fsp3) is 0.333. The van der Waals surface area contributed by atoms with Gasteiger partial charge in [-0.25, -0.2) is 4.98 Å². The van der Waals surface area contributed by atoms with Gasteiger partial charge in [-0.05, 0) is 31.0 Å². The number of nitrogens with zero attached hydrogens (tertiary/aromatic N) is 1. The zero-order valence-corrected chi connectivity index (χ0v) is 13.2. The highest BCUT2D eigenvalue weighted by molar-refractivity contribution is 9.10. The highest BCUT2D eigenvalue weighted by Crippen LogP contribution is 2.34. The summed E-state index contributed by atoms with van der Waals surface area (Å²) in [5.74, 6) is 0.989. The van der Waals surface area contributed by atoms with Gasteiger partial charge in [0.15, 0.2) is 0 Å². The van der Waals surface area contributed by atoms with Crippen LogP contribution in [0.3, 0.4) is 0 Å². The molecule has 1 aliphatic rings. The van der Waals surface area contributed by atoms with Crippen LogP contribution in [0.5, 0.6) is 0 Å². The molecule has 5 heteroatoms. The van der Waals surface area contributed by atoms with E-state index in [1.165, 1.54) is 12.8 Å². The molecule has 1 aromatic carbocycles. The smallest absolute Gasteiger partial charge is 0.251 e. The van der Waals surface area contributed by atoms with Crippen LogP contribution in [-0.2, 0) is 0 Å². The number of aromatic amines is 1. The van der Waals surface area contributed by atoms with Crippen molar-refractivity contribution < 1.29 is 0 Å². The van der Waals surface area contributed by atoms with Gasteiger partial charge < -0.3 is 4.98 Å². The summed E-state index contributed by atoms with van der Waals surface area (Å²) in [6.45, 7) is 0. The van der Waals surface area contributed by atoms with E-state index in [-0.39, 0.29) is 5.56 Å². The Balaban J connectivity index is 2.09. The molecule has 1 saturated carbocycles. The van der Waals surface area contributed by atoms with Gasteiger partial charge in [0.05, 0.1) is 5.69 Å². The Labute approximate surface area is 130 Å². The zero-order valence-electron chi connectivity index (χ0n) is 10.8. The maximum atomic E-state index is 11.9. The summed E-state index contributed by atoms with van der Waals surface area (Å²) >= 11 is 9.51. The summed E-state index contributed by atoms with van der Waals surface area (Å²) in [4.78, 5) is 19.3. The van der Waals surface area contributed by atoms with Crippen molar-refractivity contribution in [1.29, 1.82) is 0 Å².